The van der Waals surface area contributed by atoms with Crippen molar-refractivity contribution in [1.82, 2.24) is 10.2 Å². The standard InChI is InChI=1S/C17H30N2/c1-7-15(8-2)19(6)12-17(18-5)16-11-13(3)9-10-14(16)4/h9-11,15,17-18H,7-8,12H2,1-6H3. The molecule has 0 saturated heterocycles. The third kappa shape index (κ3) is 4.32. The van der Waals surface area contributed by atoms with E-state index in [-0.39, 0.29) is 0 Å². The molecule has 0 fully saturated rings. The van der Waals surface area contributed by atoms with Crippen molar-refractivity contribution in [1.29, 1.82) is 0 Å². The van der Waals surface area contributed by atoms with Gasteiger partial charge in [-0.1, -0.05) is 37.6 Å². The van der Waals surface area contributed by atoms with E-state index in [0.29, 0.717) is 12.1 Å². The Kier molecular flexibility index (Phi) is 6.53. The first-order chi connectivity index (χ1) is 9.03. The van der Waals surface area contributed by atoms with Gasteiger partial charge < -0.3 is 10.2 Å². The number of aryl methyl sites for hydroxylation is 2. The summed E-state index contributed by atoms with van der Waals surface area (Å²) in [6, 6.07) is 7.82. The van der Waals surface area contributed by atoms with Crippen LogP contribution in [-0.4, -0.2) is 31.6 Å². The number of benzene rings is 1. The first-order valence-corrected chi connectivity index (χ1v) is 7.48. The van der Waals surface area contributed by atoms with Gasteiger partial charge in [0.15, 0.2) is 0 Å². The van der Waals surface area contributed by atoms with E-state index >= 15 is 0 Å². The van der Waals surface area contributed by atoms with Crippen molar-refractivity contribution in [2.45, 2.75) is 52.6 Å². The van der Waals surface area contributed by atoms with Crippen molar-refractivity contribution in [2.75, 3.05) is 20.6 Å². The van der Waals surface area contributed by atoms with Gasteiger partial charge in [-0.25, -0.2) is 0 Å². The molecule has 1 N–H and O–H groups in total. The largest absolute Gasteiger partial charge is 0.312 e. The maximum atomic E-state index is 3.48. The van der Waals surface area contributed by atoms with Gasteiger partial charge in [-0.2, -0.15) is 0 Å². The summed E-state index contributed by atoms with van der Waals surface area (Å²) in [7, 11) is 4.31. The molecule has 0 heterocycles. The Morgan fingerprint density at radius 2 is 1.79 bits per heavy atom. The van der Waals surface area contributed by atoms with E-state index in [2.05, 4.69) is 70.2 Å². The molecule has 1 rings (SSSR count). The molecule has 0 radical (unpaired) electrons. The fourth-order valence-corrected chi connectivity index (χ4v) is 2.83. The number of hydrogen-bond donors (Lipinski definition) is 1. The highest BCUT2D eigenvalue weighted by atomic mass is 15.1. The topological polar surface area (TPSA) is 15.3 Å². The number of nitrogens with one attached hydrogen (secondary N) is 1. The lowest BCUT2D eigenvalue weighted by Crippen LogP contribution is -2.37. The molecule has 0 saturated carbocycles. The van der Waals surface area contributed by atoms with Crippen LogP contribution in [-0.2, 0) is 0 Å². The predicted molar refractivity (Wildman–Crippen MR) is 84.7 cm³/mol. The molecule has 0 aliphatic carbocycles. The number of hydrogen-bond acceptors (Lipinski definition) is 2. The highest BCUT2D eigenvalue weighted by molar-refractivity contribution is 5.33. The third-order valence-corrected chi connectivity index (χ3v) is 4.20. The molecule has 19 heavy (non-hydrogen) atoms. The average Bonchev–Trinajstić information content (AvgIpc) is 2.40. The first-order valence-electron chi connectivity index (χ1n) is 7.48. The molecular formula is C17H30N2. The number of rotatable bonds is 7. The van der Waals surface area contributed by atoms with Crippen molar-refractivity contribution in [3.8, 4) is 0 Å². The molecule has 1 aromatic rings. The summed E-state index contributed by atoms with van der Waals surface area (Å²) in [5, 5.41) is 3.48. The number of nitrogens with zero attached hydrogens (tertiary/aromatic N) is 1. The van der Waals surface area contributed by atoms with E-state index in [0.717, 1.165) is 6.54 Å². The van der Waals surface area contributed by atoms with Crippen LogP contribution in [0.2, 0.25) is 0 Å². The highest BCUT2D eigenvalue weighted by Gasteiger charge is 2.18. The second kappa shape index (κ2) is 7.66. The normalized spacial score (nSPS) is 13.3. The van der Waals surface area contributed by atoms with Crippen LogP contribution in [0.25, 0.3) is 0 Å². The molecule has 0 aliphatic heterocycles. The fraction of sp³-hybridized carbons (Fsp3) is 0.647. The lowest BCUT2D eigenvalue weighted by atomic mass is 9.98. The SMILES string of the molecule is CCC(CC)N(C)CC(NC)c1cc(C)ccc1C. The van der Waals surface area contributed by atoms with Crippen molar-refractivity contribution in [3.63, 3.8) is 0 Å². The maximum absolute atomic E-state index is 3.48. The molecule has 1 unspecified atom stereocenters. The Balaban J connectivity index is 2.86. The predicted octanol–water partition coefficient (Wildman–Crippen LogP) is 3.68. The zero-order valence-corrected chi connectivity index (χ0v) is 13.5. The Hall–Kier alpha value is -0.860. The maximum Gasteiger partial charge on any atom is 0.0449 e. The van der Waals surface area contributed by atoms with Gasteiger partial charge in [0.05, 0.1) is 0 Å². The summed E-state index contributed by atoms with van der Waals surface area (Å²) in [6.45, 7) is 9.98. The second-order valence-corrected chi connectivity index (χ2v) is 5.61. The Morgan fingerprint density at radius 1 is 1.16 bits per heavy atom. The number of likely N-dealkylation sites (N-methyl/N-ethyl adjacent to an activating group) is 2. The molecule has 0 aromatic heterocycles. The molecule has 108 valence electrons. The minimum absolute atomic E-state index is 0.408. The van der Waals surface area contributed by atoms with Crippen molar-refractivity contribution in [2.24, 2.45) is 0 Å². The summed E-state index contributed by atoms with van der Waals surface area (Å²) in [4.78, 5) is 2.49. The Labute approximate surface area is 119 Å². The summed E-state index contributed by atoms with van der Waals surface area (Å²) in [6.07, 6.45) is 2.44. The van der Waals surface area contributed by atoms with Crippen molar-refractivity contribution in [3.05, 3.63) is 34.9 Å². The van der Waals surface area contributed by atoms with E-state index in [9.17, 15) is 0 Å². The van der Waals surface area contributed by atoms with Gasteiger partial charge in [0.1, 0.15) is 0 Å². The molecule has 1 atom stereocenters. The minimum atomic E-state index is 0.408. The molecule has 2 nitrogen and oxygen atoms in total. The third-order valence-electron chi connectivity index (χ3n) is 4.20. The summed E-state index contributed by atoms with van der Waals surface area (Å²) >= 11 is 0. The molecule has 0 bridgehead atoms. The summed E-state index contributed by atoms with van der Waals surface area (Å²) in [5.74, 6) is 0. The van der Waals surface area contributed by atoms with E-state index in [1.54, 1.807) is 0 Å². The van der Waals surface area contributed by atoms with Crippen LogP contribution in [0.4, 0.5) is 0 Å². The Bertz CT molecular complexity index is 383. The Morgan fingerprint density at radius 3 is 2.32 bits per heavy atom. The fourth-order valence-electron chi connectivity index (χ4n) is 2.83. The van der Waals surface area contributed by atoms with Crippen LogP contribution in [0.1, 0.15) is 49.4 Å². The van der Waals surface area contributed by atoms with Gasteiger partial charge in [-0.3, -0.25) is 0 Å². The lowest BCUT2D eigenvalue weighted by Gasteiger charge is -2.31. The van der Waals surface area contributed by atoms with Crippen LogP contribution >= 0.6 is 0 Å². The van der Waals surface area contributed by atoms with Crippen LogP contribution in [0.15, 0.2) is 18.2 Å². The first kappa shape index (κ1) is 16.2. The van der Waals surface area contributed by atoms with Crippen LogP contribution < -0.4 is 5.32 Å². The van der Waals surface area contributed by atoms with Gasteiger partial charge >= 0.3 is 0 Å². The summed E-state index contributed by atoms with van der Waals surface area (Å²) in [5.41, 5.74) is 4.15. The van der Waals surface area contributed by atoms with Crippen LogP contribution in [0.3, 0.4) is 0 Å². The monoisotopic (exact) mass is 262 g/mol. The van der Waals surface area contributed by atoms with Crippen LogP contribution in [0, 0.1) is 13.8 Å². The van der Waals surface area contributed by atoms with Crippen molar-refractivity contribution >= 4 is 0 Å². The highest BCUT2D eigenvalue weighted by Crippen LogP contribution is 2.21. The van der Waals surface area contributed by atoms with Crippen LogP contribution in [0.5, 0.6) is 0 Å². The zero-order chi connectivity index (χ0) is 14.4. The molecular weight excluding hydrogens is 232 g/mol. The quantitative estimate of drug-likeness (QED) is 0.806. The van der Waals surface area contributed by atoms with E-state index in [4.69, 9.17) is 0 Å². The van der Waals surface area contributed by atoms with Gasteiger partial charge in [-0.15, -0.1) is 0 Å². The van der Waals surface area contributed by atoms with Gasteiger partial charge in [-0.05, 0) is 51.9 Å². The average molecular weight is 262 g/mol. The van der Waals surface area contributed by atoms with Gasteiger partial charge in [0.2, 0.25) is 0 Å². The van der Waals surface area contributed by atoms with Gasteiger partial charge in [0, 0.05) is 18.6 Å². The van der Waals surface area contributed by atoms with Crippen molar-refractivity contribution < 1.29 is 0 Å². The lowest BCUT2D eigenvalue weighted by molar-refractivity contribution is 0.208. The van der Waals surface area contributed by atoms with Gasteiger partial charge in [0.25, 0.3) is 0 Å². The molecule has 1 aromatic carbocycles. The molecule has 2 heteroatoms. The summed E-state index contributed by atoms with van der Waals surface area (Å²) < 4.78 is 0. The molecule has 0 aliphatic rings. The second-order valence-electron chi connectivity index (χ2n) is 5.61. The van der Waals surface area contributed by atoms with E-state index < -0.39 is 0 Å². The van der Waals surface area contributed by atoms with E-state index in [1.165, 1.54) is 29.5 Å². The smallest absolute Gasteiger partial charge is 0.0449 e. The zero-order valence-electron chi connectivity index (χ0n) is 13.5. The minimum Gasteiger partial charge on any atom is -0.312 e. The van der Waals surface area contributed by atoms with E-state index in [1.807, 2.05) is 0 Å². The molecule has 0 spiro atoms. The molecule has 0 amide bonds.